The molecule has 3 fully saturated rings. The third-order valence-electron chi connectivity index (χ3n) is 13.7. The highest BCUT2D eigenvalue weighted by Crippen LogP contribution is 2.66. The fourth-order valence-electron chi connectivity index (χ4n) is 9.10. The number of allylic oxidation sites excluding steroid dienone is 3. The number of methoxy groups -OCH3 is 1. The van der Waals surface area contributed by atoms with Crippen LogP contribution in [0.2, 0.25) is 43.8 Å². The SMILES string of the molecule is COCO[C@@H]1CC2=CC=C3[C@@H]4CC[C@H]([C@H](C)OCC(O)C(C)(C)OCOCC[Si](C)(C)C)[C@@]4(C)CC[C@@H]3[C@@]2(C)[C@@H](O[Si](C)(C)C(C)(C)C)C1. The number of aliphatic hydroxyl groups excluding tert-OH is 1. The van der Waals surface area contributed by atoms with Crippen molar-refractivity contribution in [2.75, 3.05) is 33.9 Å². The summed E-state index contributed by atoms with van der Waals surface area (Å²) in [5.74, 6) is 1.45. The van der Waals surface area contributed by atoms with Gasteiger partial charge in [-0.05, 0) is 107 Å². The van der Waals surface area contributed by atoms with Crippen molar-refractivity contribution in [3.8, 4) is 0 Å². The number of fused-ring (bicyclic) bond motifs is 5. The lowest BCUT2D eigenvalue weighted by atomic mass is 9.49. The number of hydrogen-bond donors (Lipinski definition) is 1. The second-order valence-electron chi connectivity index (χ2n) is 19.6. The van der Waals surface area contributed by atoms with Crippen LogP contribution in [0.1, 0.15) is 93.9 Å². The molecule has 7 nitrogen and oxygen atoms in total. The Bertz CT molecular complexity index is 1170. The zero-order valence-corrected chi connectivity index (χ0v) is 35.9. The molecule has 0 aromatic carbocycles. The Labute approximate surface area is 302 Å². The van der Waals surface area contributed by atoms with E-state index < -0.39 is 28.1 Å². The molecule has 3 saturated carbocycles. The van der Waals surface area contributed by atoms with Crippen molar-refractivity contribution in [3.05, 3.63) is 23.3 Å². The molecule has 4 aliphatic rings. The van der Waals surface area contributed by atoms with Crippen molar-refractivity contribution < 1.29 is 33.2 Å². The van der Waals surface area contributed by atoms with E-state index in [1.54, 1.807) is 12.7 Å². The van der Waals surface area contributed by atoms with Crippen LogP contribution in [0.4, 0.5) is 0 Å². The van der Waals surface area contributed by atoms with Crippen LogP contribution in [-0.2, 0) is 28.1 Å². The summed E-state index contributed by atoms with van der Waals surface area (Å²) in [5, 5.41) is 11.3. The second kappa shape index (κ2) is 15.5. The molecule has 0 saturated heterocycles. The zero-order chi connectivity index (χ0) is 36.6. The molecule has 0 amide bonds. The zero-order valence-electron chi connectivity index (χ0n) is 33.9. The minimum Gasteiger partial charge on any atom is -0.413 e. The molecule has 4 rings (SSSR count). The lowest BCUT2D eigenvalue weighted by Gasteiger charge is -2.59. The third kappa shape index (κ3) is 9.06. The molecule has 1 N–H and O–H groups in total. The molecule has 1 unspecified atom stereocenters. The minimum atomic E-state index is -2.04. The van der Waals surface area contributed by atoms with E-state index in [1.807, 2.05) is 13.8 Å². The van der Waals surface area contributed by atoms with Gasteiger partial charge in [0.25, 0.3) is 0 Å². The molecule has 0 bridgehead atoms. The fourth-order valence-corrected chi connectivity index (χ4v) is 11.3. The summed E-state index contributed by atoms with van der Waals surface area (Å²) in [6.07, 6.45) is 11.0. The molecule has 9 atom stereocenters. The molecule has 0 spiro atoms. The van der Waals surface area contributed by atoms with Crippen LogP contribution in [0, 0.1) is 28.6 Å². The molecule has 9 heteroatoms. The molecule has 0 aromatic heterocycles. The van der Waals surface area contributed by atoms with Gasteiger partial charge in [0.15, 0.2) is 8.32 Å². The van der Waals surface area contributed by atoms with Gasteiger partial charge in [0.2, 0.25) is 0 Å². The molecule has 0 radical (unpaired) electrons. The van der Waals surface area contributed by atoms with Crippen molar-refractivity contribution >= 4 is 16.4 Å². The van der Waals surface area contributed by atoms with E-state index in [0.717, 1.165) is 31.7 Å². The van der Waals surface area contributed by atoms with Gasteiger partial charge in [-0.25, -0.2) is 0 Å². The van der Waals surface area contributed by atoms with E-state index in [-0.39, 0.29) is 47.6 Å². The molecule has 4 aliphatic carbocycles. The molecule has 284 valence electrons. The van der Waals surface area contributed by atoms with Crippen LogP contribution in [-0.4, -0.2) is 85.4 Å². The van der Waals surface area contributed by atoms with Gasteiger partial charge in [0.05, 0.1) is 30.5 Å². The summed E-state index contributed by atoms with van der Waals surface area (Å²) in [7, 11) is -1.48. The number of hydrogen-bond acceptors (Lipinski definition) is 7. The van der Waals surface area contributed by atoms with Gasteiger partial charge in [-0.1, -0.05) is 77.6 Å². The van der Waals surface area contributed by atoms with E-state index in [1.165, 1.54) is 18.4 Å². The number of rotatable bonds is 16. The summed E-state index contributed by atoms with van der Waals surface area (Å²) in [4.78, 5) is 0. The molecule has 0 heterocycles. The van der Waals surface area contributed by atoms with Crippen molar-refractivity contribution in [1.82, 2.24) is 0 Å². The second-order valence-corrected chi connectivity index (χ2v) is 30.0. The Kier molecular flexibility index (Phi) is 13.1. The van der Waals surface area contributed by atoms with Crippen LogP contribution in [0.3, 0.4) is 0 Å². The topological polar surface area (TPSA) is 75.6 Å². The summed E-state index contributed by atoms with van der Waals surface area (Å²) in [6, 6.07) is 1.10. The number of aliphatic hydroxyl groups is 1. The Morgan fingerprint density at radius 2 is 1.65 bits per heavy atom. The average Bonchev–Trinajstić information content (AvgIpc) is 3.35. The maximum atomic E-state index is 11.1. The fraction of sp³-hybridized carbons (Fsp3) is 0.900. The molecule has 0 aromatic rings. The smallest absolute Gasteiger partial charge is 0.192 e. The monoisotopic (exact) mass is 722 g/mol. The van der Waals surface area contributed by atoms with Gasteiger partial charge >= 0.3 is 0 Å². The normalized spacial score (nSPS) is 33.7. The molecular weight excluding hydrogens is 649 g/mol. The third-order valence-corrected chi connectivity index (χ3v) is 19.9. The van der Waals surface area contributed by atoms with Crippen molar-refractivity contribution in [2.45, 2.75) is 168 Å². The highest BCUT2D eigenvalue weighted by molar-refractivity contribution is 6.76. The van der Waals surface area contributed by atoms with Crippen LogP contribution < -0.4 is 0 Å². The summed E-state index contributed by atoms with van der Waals surface area (Å²) >= 11 is 0. The number of ether oxygens (including phenoxy) is 5. The predicted molar refractivity (Wildman–Crippen MR) is 205 cm³/mol. The lowest BCUT2D eigenvalue weighted by Crippen LogP contribution is -2.57. The molecule has 49 heavy (non-hydrogen) atoms. The standard InChI is InChI=1S/C40H74O7Si2/c1-28(44-25-35(41)38(5,6)46-27-43-21-22-48(10,11)12)32-17-18-33-31-16-15-29-23-30(45-26-42-9)24-36(47-49(13,14)37(2,3)4)40(29,8)34(31)19-20-39(32,33)7/h15-16,28,30,32-36,41H,17-27H2,1-14H3/t28-,30+,32+,33-,34-,35?,36-,39+,40-/m0/s1. The van der Waals surface area contributed by atoms with E-state index in [4.69, 9.17) is 28.1 Å². The maximum absolute atomic E-state index is 11.1. The van der Waals surface area contributed by atoms with Crippen molar-refractivity contribution in [1.29, 1.82) is 0 Å². The van der Waals surface area contributed by atoms with Gasteiger partial charge in [-0.15, -0.1) is 0 Å². The molecular formula is C40H74O7Si2. The van der Waals surface area contributed by atoms with E-state index >= 15 is 0 Å². The highest BCUT2D eigenvalue weighted by Gasteiger charge is 2.60. The van der Waals surface area contributed by atoms with Crippen molar-refractivity contribution in [2.24, 2.45) is 28.6 Å². The predicted octanol–water partition coefficient (Wildman–Crippen LogP) is 9.35. The molecule has 0 aliphatic heterocycles. The van der Waals surface area contributed by atoms with Gasteiger partial charge in [0, 0.05) is 27.2 Å². The van der Waals surface area contributed by atoms with Gasteiger partial charge in [0.1, 0.15) is 19.7 Å². The van der Waals surface area contributed by atoms with Crippen LogP contribution in [0.25, 0.3) is 0 Å². The van der Waals surface area contributed by atoms with Gasteiger partial charge < -0.3 is 33.2 Å². The quantitative estimate of drug-likeness (QED) is 0.0967. The Morgan fingerprint density at radius 3 is 2.29 bits per heavy atom. The maximum Gasteiger partial charge on any atom is 0.192 e. The summed E-state index contributed by atoms with van der Waals surface area (Å²) in [5.41, 5.74) is 2.51. The summed E-state index contributed by atoms with van der Waals surface area (Å²) in [6.45, 7) is 31.5. The Morgan fingerprint density at radius 1 is 0.959 bits per heavy atom. The first-order valence-corrected chi connectivity index (χ1v) is 25.9. The summed E-state index contributed by atoms with van der Waals surface area (Å²) < 4.78 is 37.2. The largest absolute Gasteiger partial charge is 0.413 e. The lowest BCUT2D eigenvalue weighted by molar-refractivity contribution is -0.184. The van der Waals surface area contributed by atoms with Crippen LogP contribution >= 0.6 is 0 Å². The first kappa shape index (κ1) is 41.4. The first-order valence-electron chi connectivity index (χ1n) is 19.3. The van der Waals surface area contributed by atoms with E-state index in [2.05, 4.69) is 86.4 Å². The van der Waals surface area contributed by atoms with Crippen LogP contribution in [0.5, 0.6) is 0 Å². The first-order chi connectivity index (χ1) is 22.6. The average molecular weight is 723 g/mol. The highest BCUT2D eigenvalue weighted by atomic mass is 28.4. The van der Waals surface area contributed by atoms with Crippen molar-refractivity contribution in [3.63, 3.8) is 0 Å². The Hall–Kier alpha value is -0.366. The van der Waals surface area contributed by atoms with Crippen LogP contribution in [0.15, 0.2) is 23.3 Å². The van der Waals surface area contributed by atoms with E-state index in [9.17, 15) is 5.11 Å². The van der Waals surface area contributed by atoms with Gasteiger partial charge in [-0.3, -0.25) is 0 Å². The van der Waals surface area contributed by atoms with E-state index in [0.29, 0.717) is 31.2 Å². The Balaban J connectivity index is 1.45. The minimum absolute atomic E-state index is 0.0395. The van der Waals surface area contributed by atoms with Gasteiger partial charge in [-0.2, -0.15) is 0 Å².